The second-order valence-electron chi connectivity index (χ2n) is 5.82. The van der Waals surface area contributed by atoms with Crippen LogP contribution in [0, 0.1) is 13.8 Å². The molecule has 3 rings (SSSR count). The molecule has 0 unspecified atom stereocenters. The molecule has 0 saturated carbocycles. The van der Waals surface area contributed by atoms with Gasteiger partial charge in [0.1, 0.15) is 11.3 Å². The number of carbonyl (C=O) groups excluding carboxylic acids is 1. The van der Waals surface area contributed by atoms with Crippen LogP contribution in [0.5, 0.6) is 5.75 Å². The third-order valence-electron chi connectivity index (χ3n) is 3.72. The summed E-state index contributed by atoms with van der Waals surface area (Å²) in [6.45, 7) is 5.83. The number of aromatic nitrogens is 4. The highest BCUT2D eigenvalue weighted by Crippen LogP contribution is 2.21. The van der Waals surface area contributed by atoms with Crippen molar-refractivity contribution in [2.24, 2.45) is 0 Å². The first-order chi connectivity index (χ1) is 12.8. The summed E-state index contributed by atoms with van der Waals surface area (Å²) in [5.41, 5.74) is 1.49. The molecule has 0 bridgehead atoms. The SMILES string of the molecule is CCOc1ccc(NS(=O)(=O)c2[nH]ncc2C(=O)n2nc(C)cc2C)cc1. The van der Waals surface area contributed by atoms with Gasteiger partial charge in [0.25, 0.3) is 15.9 Å². The molecule has 0 aliphatic rings. The topological polar surface area (TPSA) is 119 Å². The number of hydrogen-bond acceptors (Lipinski definition) is 6. The Morgan fingerprint density at radius 1 is 1.26 bits per heavy atom. The molecule has 2 heterocycles. The molecular weight excluding hydrogens is 370 g/mol. The predicted molar refractivity (Wildman–Crippen MR) is 98.4 cm³/mol. The summed E-state index contributed by atoms with van der Waals surface area (Å²) in [5.74, 6) is 0.0452. The van der Waals surface area contributed by atoms with Crippen molar-refractivity contribution in [2.45, 2.75) is 25.8 Å². The van der Waals surface area contributed by atoms with E-state index in [9.17, 15) is 13.2 Å². The lowest BCUT2D eigenvalue weighted by atomic mass is 10.3. The molecule has 0 aliphatic carbocycles. The van der Waals surface area contributed by atoms with Gasteiger partial charge in [-0.1, -0.05) is 0 Å². The van der Waals surface area contributed by atoms with Crippen molar-refractivity contribution in [1.29, 1.82) is 0 Å². The summed E-state index contributed by atoms with van der Waals surface area (Å²) in [4.78, 5) is 12.7. The van der Waals surface area contributed by atoms with Gasteiger partial charge in [-0.15, -0.1) is 0 Å². The van der Waals surface area contributed by atoms with Gasteiger partial charge in [0, 0.05) is 11.4 Å². The fourth-order valence-corrected chi connectivity index (χ4v) is 3.72. The molecule has 0 amide bonds. The van der Waals surface area contributed by atoms with E-state index in [1.165, 1.54) is 6.20 Å². The fraction of sp³-hybridized carbons (Fsp3) is 0.235. The van der Waals surface area contributed by atoms with Crippen molar-refractivity contribution in [3.05, 3.63) is 53.5 Å². The molecule has 3 aromatic rings. The van der Waals surface area contributed by atoms with Crippen LogP contribution in [0.2, 0.25) is 0 Å². The van der Waals surface area contributed by atoms with E-state index in [2.05, 4.69) is 20.0 Å². The fourth-order valence-electron chi connectivity index (χ4n) is 2.57. The van der Waals surface area contributed by atoms with Crippen LogP contribution in [-0.4, -0.2) is 40.9 Å². The van der Waals surface area contributed by atoms with E-state index in [4.69, 9.17) is 4.74 Å². The lowest BCUT2D eigenvalue weighted by Crippen LogP contribution is -2.21. The van der Waals surface area contributed by atoms with E-state index in [-0.39, 0.29) is 10.6 Å². The van der Waals surface area contributed by atoms with Crippen LogP contribution in [0.1, 0.15) is 28.7 Å². The van der Waals surface area contributed by atoms with Gasteiger partial charge >= 0.3 is 0 Å². The van der Waals surface area contributed by atoms with Gasteiger partial charge in [-0.25, -0.2) is 4.68 Å². The molecule has 2 N–H and O–H groups in total. The molecular formula is C17H19N5O4S. The average Bonchev–Trinajstić information content (AvgIpc) is 3.23. The molecule has 9 nitrogen and oxygen atoms in total. The van der Waals surface area contributed by atoms with Crippen LogP contribution in [0.25, 0.3) is 0 Å². The summed E-state index contributed by atoms with van der Waals surface area (Å²) in [7, 11) is -4.06. The maximum Gasteiger partial charge on any atom is 0.283 e. The van der Waals surface area contributed by atoms with Crippen molar-refractivity contribution in [3.8, 4) is 5.75 Å². The second kappa shape index (κ2) is 7.23. The Morgan fingerprint density at radius 2 is 1.96 bits per heavy atom. The minimum absolute atomic E-state index is 0.0976. The van der Waals surface area contributed by atoms with Crippen LogP contribution in [-0.2, 0) is 10.0 Å². The van der Waals surface area contributed by atoms with Gasteiger partial charge in [-0.05, 0) is 51.1 Å². The molecule has 0 aliphatic heterocycles. The largest absolute Gasteiger partial charge is 0.494 e. The molecule has 2 aromatic heterocycles. The number of sulfonamides is 1. The number of aromatic amines is 1. The van der Waals surface area contributed by atoms with Crippen molar-refractivity contribution < 1.29 is 17.9 Å². The Kier molecular flexibility index (Phi) is 5.00. The van der Waals surface area contributed by atoms with Crippen molar-refractivity contribution in [1.82, 2.24) is 20.0 Å². The zero-order chi connectivity index (χ0) is 19.6. The Morgan fingerprint density at radius 3 is 2.56 bits per heavy atom. The standard InChI is InChI=1S/C17H19N5O4S/c1-4-26-14-7-5-13(6-8-14)21-27(24,25)16-15(10-18-19-16)17(23)22-12(3)9-11(2)20-22/h5-10,21H,4H2,1-3H3,(H,18,19). The van der Waals surface area contributed by atoms with E-state index in [0.29, 0.717) is 29.4 Å². The number of hydrogen-bond donors (Lipinski definition) is 2. The van der Waals surface area contributed by atoms with Crippen molar-refractivity contribution in [2.75, 3.05) is 11.3 Å². The van der Waals surface area contributed by atoms with E-state index in [1.807, 2.05) is 6.92 Å². The number of benzene rings is 1. The number of carbonyl (C=O) groups is 1. The lowest BCUT2D eigenvalue weighted by Gasteiger charge is -2.09. The number of aryl methyl sites for hydroxylation is 2. The molecule has 10 heteroatoms. The number of nitrogens with zero attached hydrogens (tertiary/aromatic N) is 3. The van der Waals surface area contributed by atoms with Gasteiger partial charge in [-0.2, -0.15) is 18.6 Å². The summed E-state index contributed by atoms with van der Waals surface area (Å²) < 4.78 is 34.3. The van der Waals surface area contributed by atoms with E-state index in [0.717, 1.165) is 4.68 Å². The van der Waals surface area contributed by atoms with Crippen LogP contribution < -0.4 is 9.46 Å². The van der Waals surface area contributed by atoms with Crippen molar-refractivity contribution >= 4 is 21.6 Å². The Bertz CT molecular complexity index is 1070. The number of nitrogens with one attached hydrogen (secondary N) is 2. The second-order valence-corrected chi connectivity index (χ2v) is 7.44. The first kappa shape index (κ1) is 18.6. The summed E-state index contributed by atoms with van der Waals surface area (Å²) >= 11 is 0. The minimum atomic E-state index is -4.06. The Hall–Kier alpha value is -3.14. The van der Waals surface area contributed by atoms with E-state index >= 15 is 0 Å². The smallest absolute Gasteiger partial charge is 0.283 e. The highest BCUT2D eigenvalue weighted by molar-refractivity contribution is 7.92. The third kappa shape index (κ3) is 3.85. The van der Waals surface area contributed by atoms with E-state index < -0.39 is 15.9 Å². The molecule has 0 fully saturated rings. The molecule has 1 aromatic carbocycles. The summed E-state index contributed by atoms with van der Waals surface area (Å²) in [5, 5.41) is 9.88. The van der Waals surface area contributed by atoms with Gasteiger partial charge in [0.2, 0.25) is 0 Å². The maximum absolute atomic E-state index is 12.7. The highest BCUT2D eigenvalue weighted by atomic mass is 32.2. The van der Waals surface area contributed by atoms with Crippen LogP contribution in [0.4, 0.5) is 5.69 Å². The molecule has 27 heavy (non-hydrogen) atoms. The molecule has 0 saturated heterocycles. The third-order valence-corrected chi connectivity index (χ3v) is 5.08. The first-order valence-electron chi connectivity index (χ1n) is 8.19. The number of anilines is 1. The van der Waals surface area contributed by atoms with Gasteiger partial charge in [0.05, 0.1) is 18.5 Å². The summed E-state index contributed by atoms with van der Waals surface area (Å²) in [6, 6.07) is 8.17. The van der Waals surface area contributed by atoms with Crippen LogP contribution in [0.3, 0.4) is 0 Å². The number of ether oxygens (including phenoxy) is 1. The van der Waals surface area contributed by atoms with Crippen molar-refractivity contribution in [3.63, 3.8) is 0 Å². The quantitative estimate of drug-likeness (QED) is 0.666. The zero-order valence-corrected chi connectivity index (χ0v) is 15.9. The van der Waals surface area contributed by atoms with Gasteiger partial charge in [0.15, 0.2) is 5.03 Å². The normalized spacial score (nSPS) is 11.4. The molecule has 0 atom stereocenters. The summed E-state index contributed by atoms with van der Waals surface area (Å²) in [6.07, 6.45) is 1.17. The van der Waals surface area contributed by atoms with E-state index in [1.54, 1.807) is 44.2 Å². The van der Waals surface area contributed by atoms with Gasteiger partial charge in [-0.3, -0.25) is 14.6 Å². The Labute approximate surface area is 156 Å². The maximum atomic E-state index is 12.7. The van der Waals surface area contributed by atoms with Crippen LogP contribution >= 0.6 is 0 Å². The Balaban J connectivity index is 1.89. The molecule has 0 spiro atoms. The molecule has 0 radical (unpaired) electrons. The number of H-pyrrole nitrogens is 1. The average molecular weight is 389 g/mol. The molecule has 142 valence electrons. The lowest BCUT2D eigenvalue weighted by molar-refractivity contribution is 0.0939. The predicted octanol–water partition coefficient (Wildman–Crippen LogP) is 2.11. The van der Waals surface area contributed by atoms with Crippen LogP contribution in [0.15, 0.2) is 41.6 Å². The first-order valence-corrected chi connectivity index (χ1v) is 9.67. The van der Waals surface area contributed by atoms with Gasteiger partial charge < -0.3 is 4.74 Å². The highest BCUT2D eigenvalue weighted by Gasteiger charge is 2.27. The number of rotatable bonds is 6. The zero-order valence-electron chi connectivity index (χ0n) is 15.1. The monoisotopic (exact) mass is 389 g/mol. The minimum Gasteiger partial charge on any atom is -0.494 e.